The summed E-state index contributed by atoms with van der Waals surface area (Å²) in [4.78, 5) is 25.4. The number of halogens is 1. The number of nitrogens with one attached hydrogen (secondary N) is 1. The fourth-order valence-corrected chi connectivity index (χ4v) is 6.43. The average molecular weight is 606 g/mol. The van der Waals surface area contributed by atoms with Crippen LogP contribution in [-0.2, 0) is 18.4 Å². The van der Waals surface area contributed by atoms with Crippen molar-refractivity contribution in [1.82, 2.24) is 30.0 Å². The van der Waals surface area contributed by atoms with E-state index in [2.05, 4.69) is 31.9 Å². The molecule has 11 heteroatoms. The van der Waals surface area contributed by atoms with Gasteiger partial charge in [0.05, 0.1) is 10.4 Å². The van der Waals surface area contributed by atoms with Crippen LogP contribution in [0.25, 0.3) is 42.9 Å². The minimum atomic E-state index is -0.574. The summed E-state index contributed by atoms with van der Waals surface area (Å²) in [5, 5.41) is 8.12. The number of thiophene rings is 1. The van der Waals surface area contributed by atoms with Crippen molar-refractivity contribution in [2.75, 3.05) is 5.73 Å². The van der Waals surface area contributed by atoms with E-state index in [1.807, 2.05) is 44.4 Å². The molecule has 0 saturated carbocycles. The Kier molecular flexibility index (Phi) is 7.62. The molecule has 2 aromatic carbocycles. The van der Waals surface area contributed by atoms with E-state index in [1.54, 1.807) is 53.5 Å². The summed E-state index contributed by atoms with van der Waals surface area (Å²) in [5.41, 5.74) is 13.1. The van der Waals surface area contributed by atoms with E-state index < -0.39 is 5.82 Å². The standard InChI is InChI=1S/C33H28FN7O2S/c1-5-27(42)37-16-20-6-8-22(18(2)14-20)30-28(21-7-9-26(24(34)15-21)43-33-36-12-10-19(3)39-33)29-31(44-30)23(17-38-32(29)35)25-11-13-41(4)40-25/h5-15,17H,1,16H2,2-4H3,(H2,35,38)(H,37,42). The van der Waals surface area contributed by atoms with Gasteiger partial charge in [0.2, 0.25) is 5.91 Å². The average Bonchev–Trinajstić information content (AvgIpc) is 3.62. The summed E-state index contributed by atoms with van der Waals surface area (Å²) in [5.74, 6) is -0.488. The maximum atomic E-state index is 15.6. The molecule has 0 spiro atoms. The highest BCUT2D eigenvalue weighted by atomic mass is 32.1. The second kappa shape index (κ2) is 11.7. The quantitative estimate of drug-likeness (QED) is 0.184. The predicted octanol–water partition coefficient (Wildman–Crippen LogP) is 6.75. The molecule has 4 aromatic heterocycles. The number of anilines is 1. The number of hydrogen-bond donors (Lipinski definition) is 2. The fourth-order valence-electron chi connectivity index (χ4n) is 4.99. The Balaban J connectivity index is 1.52. The van der Waals surface area contributed by atoms with Crippen LogP contribution < -0.4 is 15.8 Å². The zero-order valence-corrected chi connectivity index (χ0v) is 25.1. The van der Waals surface area contributed by atoms with Crippen LogP contribution in [0.4, 0.5) is 10.2 Å². The Labute approximate surface area is 256 Å². The largest absolute Gasteiger partial charge is 0.421 e. The molecule has 1 amide bonds. The SMILES string of the molecule is C=CC(=O)NCc1ccc(-c2sc3c(-c4ccn(C)n4)cnc(N)c3c2-c2ccc(Oc3nccc(C)n3)c(F)c2)c(C)c1. The zero-order chi connectivity index (χ0) is 31.0. The molecule has 0 unspecified atom stereocenters. The van der Waals surface area contributed by atoms with E-state index in [1.165, 1.54) is 12.1 Å². The lowest BCUT2D eigenvalue weighted by molar-refractivity contribution is -0.116. The number of aryl methyl sites for hydroxylation is 3. The first-order valence-electron chi connectivity index (χ1n) is 13.7. The normalized spacial score (nSPS) is 11.1. The van der Waals surface area contributed by atoms with Crippen LogP contribution in [-0.4, -0.2) is 30.6 Å². The van der Waals surface area contributed by atoms with Gasteiger partial charge in [-0.3, -0.25) is 9.48 Å². The van der Waals surface area contributed by atoms with Gasteiger partial charge >= 0.3 is 6.01 Å². The van der Waals surface area contributed by atoms with Crippen LogP contribution in [0.15, 0.2) is 79.8 Å². The summed E-state index contributed by atoms with van der Waals surface area (Å²) in [6.07, 6.45) is 6.39. The molecule has 44 heavy (non-hydrogen) atoms. The Bertz CT molecular complexity index is 2070. The number of nitrogens with zero attached hydrogens (tertiary/aromatic N) is 5. The highest BCUT2D eigenvalue weighted by Crippen LogP contribution is 2.50. The molecular weight excluding hydrogens is 577 g/mol. The number of pyridine rings is 1. The molecule has 220 valence electrons. The van der Waals surface area contributed by atoms with Gasteiger partial charge in [-0.25, -0.2) is 19.3 Å². The smallest absolute Gasteiger partial charge is 0.322 e. The van der Waals surface area contributed by atoms with Gasteiger partial charge in [0, 0.05) is 59.3 Å². The Morgan fingerprint density at radius 1 is 1.14 bits per heavy atom. The lowest BCUT2D eigenvalue weighted by Gasteiger charge is -2.12. The van der Waals surface area contributed by atoms with Crippen molar-refractivity contribution in [3.05, 3.63) is 102 Å². The van der Waals surface area contributed by atoms with Crippen LogP contribution in [0, 0.1) is 19.7 Å². The number of hydrogen-bond acceptors (Lipinski definition) is 8. The third-order valence-electron chi connectivity index (χ3n) is 7.11. The molecule has 0 atom stereocenters. The van der Waals surface area contributed by atoms with Crippen LogP contribution in [0.1, 0.15) is 16.8 Å². The van der Waals surface area contributed by atoms with Crippen molar-refractivity contribution in [1.29, 1.82) is 0 Å². The maximum Gasteiger partial charge on any atom is 0.322 e. The molecule has 0 saturated heterocycles. The molecule has 4 heterocycles. The summed E-state index contributed by atoms with van der Waals surface area (Å²) in [6, 6.07) is 14.5. The second-order valence-electron chi connectivity index (χ2n) is 10.2. The number of carbonyl (C=O) groups excluding carboxylic acids is 1. The van der Waals surface area contributed by atoms with E-state index in [0.717, 1.165) is 43.1 Å². The Morgan fingerprint density at radius 2 is 1.98 bits per heavy atom. The number of ether oxygens (including phenoxy) is 1. The van der Waals surface area contributed by atoms with Gasteiger partial charge in [0.1, 0.15) is 5.82 Å². The number of rotatable bonds is 8. The molecule has 0 radical (unpaired) electrons. The predicted molar refractivity (Wildman–Crippen MR) is 171 cm³/mol. The van der Waals surface area contributed by atoms with E-state index in [-0.39, 0.29) is 17.7 Å². The molecule has 0 aliphatic rings. The number of aromatic nitrogens is 5. The lowest BCUT2D eigenvalue weighted by atomic mass is 9.95. The van der Waals surface area contributed by atoms with Gasteiger partial charge < -0.3 is 15.8 Å². The van der Waals surface area contributed by atoms with Crippen molar-refractivity contribution in [2.45, 2.75) is 20.4 Å². The van der Waals surface area contributed by atoms with Crippen molar-refractivity contribution in [3.8, 4) is 44.6 Å². The summed E-state index contributed by atoms with van der Waals surface area (Å²) < 4.78 is 23.9. The minimum absolute atomic E-state index is 0.00260. The lowest BCUT2D eigenvalue weighted by Crippen LogP contribution is -2.19. The number of nitrogen functional groups attached to an aromatic ring is 1. The molecular formula is C33H28FN7O2S. The van der Waals surface area contributed by atoms with Crippen molar-refractivity contribution >= 4 is 33.1 Å². The highest BCUT2D eigenvalue weighted by Gasteiger charge is 2.24. The molecule has 0 bridgehead atoms. The first kappa shape index (κ1) is 28.7. The van der Waals surface area contributed by atoms with Crippen LogP contribution in [0.3, 0.4) is 0 Å². The number of carbonyl (C=O) groups is 1. The molecule has 6 aromatic rings. The fraction of sp³-hybridized carbons (Fsp3) is 0.121. The topological polar surface area (TPSA) is 121 Å². The summed E-state index contributed by atoms with van der Waals surface area (Å²) in [6.45, 7) is 7.68. The van der Waals surface area contributed by atoms with E-state index >= 15 is 4.39 Å². The van der Waals surface area contributed by atoms with Crippen LogP contribution in [0.2, 0.25) is 0 Å². The zero-order valence-electron chi connectivity index (χ0n) is 24.3. The van der Waals surface area contributed by atoms with Gasteiger partial charge in [-0.15, -0.1) is 11.3 Å². The number of fused-ring (bicyclic) bond motifs is 1. The van der Waals surface area contributed by atoms with E-state index in [4.69, 9.17) is 10.5 Å². The monoisotopic (exact) mass is 605 g/mol. The van der Waals surface area contributed by atoms with Crippen molar-refractivity contribution in [2.24, 2.45) is 7.05 Å². The third-order valence-corrected chi connectivity index (χ3v) is 8.37. The van der Waals surface area contributed by atoms with Crippen molar-refractivity contribution in [3.63, 3.8) is 0 Å². The third kappa shape index (κ3) is 5.52. The van der Waals surface area contributed by atoms with E-state index in [9.17, 15) is 4.79 Å². The van der Waals surface area contributed by atoms with Crippen LogP contribution in [0.5, 0.6) is 11.8 Å². The number of amides is 1. The summed E-state index contributed by atoms with van der Waals surface area (Å²) >= 11 is 1.55. The van der Waals surface area contributed by atoms with Crippen LogP contribution >= 0.6 is 11.3 Å². The van der Waals surface area contributed by atoms with Gasteiger partial charge in [0.15, 0.2) is 11.6 Å². The first-order valence-corrected chi connectivity index (χ1v) is 14.5. The molecule has 3 N–H and O–H groups in total. The number of benzene rings is 2. The van der Waals surface area contributed by atoms with Gasteiger partial charge in [-0.1, -0.05) is 30.8 Å². The van der Waals surface area contributed by atoms with Crippen molar-refractivity contribution < 1.29 is 13.9 Å². The second-order valence-corrected chi connectivity index (χ2v) is 11.3. The van der Waals surface area contributed by atoms with Gasteiger partial charge in [0.25, 0.3) is 0 Å². The number of nitrogens with two attached hydrogens (primary N) is 1. The molecule has 6 rings (SSSR count). The minimum Gasteiger partial charge on any atom is -0.421 e. The maximum absolute atomic E-state index is 15.6. The molecule has 0 fully saturated rings. The highest BCUT2D eigenvalue weighted by molar-refractivity contribution is 7.23. The first-order chi connectivity index (χ1) is 21.2. The molecule has 0 aliphatic carbocycles. The van der Waals surface area contributed by atoms with Gasteiger partial charge in [-0.2, -0.15) is 5.10 Å². The van der Waals surface area contributed by atoms with E-state index in [0.29, 0.717) is 29.0 Å². The molecule has 9 nitrogen and oxygen atoms in total. The Morgan fingerprint density at radius 3 is 2.68 bits per heavy atom. The Hall–Kier alpha value is -5.42. The van der Waals surface area contributed by atoms with Gasteiger partial charge in [-0.05, 0) is 66.4 Å². The summed E-state index contributed by atoms with van der Waals surface area (Å²) in [7, 11) is 1.85. The molecule has 0 aliphatic heterocycles.